The van der Waals surface area contributed by atoms with Gasteiger partial charge >= 0.3 is 0 Å². The molecule has 1 heterocycles. The van der Waals surface area contributed by atoms with Crippen LogP contribution in [-0.4, -0.2) is 15.9 Å². The molecule has 5 nitrogen and oxygen atoms in total. The molecule has 1 aromatic heterocycles. The summed E-state index contributed by atoms with van der Waals surface area (Å²) in [5, 5.41) is 16.3. The highest BCUT2D eigenvalue weighted by Crippen LogP contribution is 2.14. The third kappa shape index (κ3) is 3.53. The molecular formula is C14H15N3O2. The van der Waals surface area contributed by atoms with E-state index in [1.807, 2.05) is 18.2 Å². The fraction of sp³-hybridized carbons (Fsp3) is 0.143. The van der Waals surface area contributed by atoms with Crippen LogP contribution in [-0.2, 0) is 13.2 Å². The number of nitrogens with zero attached hydrogens (tertiary/aromatic N) is 1. The predicted molar refractivity (Wildman–Crippen MR) is 71.9 cm³/mol. The van der Waals surface area contributed by atoms with Crippen molar-refractivity contribution in [2.45, 2.75) is 13.2 Å². The van der Waals surface area contributed by atoms with Crippen molar-refractivity contribution in [3.05, 3.63) is 59.4 Å². The predicted octanol–water partition coefficient (Wildman–Crippen LogP) is 1.44. The number of nitrogens with one attached hydrogen (secondary N) is 1. The average molecular weight is 257 g/mol. The van der Waals surface area contributed by atoms with Crippen molar-refractivity contribution < 1.29 is 9.84 Å². The fourth-order valence-electron chi connectivity index (χ4n) is 1.57. The minimum Gasteiger partial charge on any atom is -0.489 e. The van der Waals surface area contributed by atoms with Crippen molar-refractivity contribution in [3.63, 3.8) is 0 Å². The molecule has 0 aliphatic carbocycles. The second-order valence-corrected chi connectivity index (χ2v) is 4.05. The van der Waals surface area contributed by atoms with Gasteiger partial charge in [-0.05, 0) is 35.4 Å². The highest BCUT2D eigenvalue weighted by Gasteiger charge is 2.01. The number of hydrogen-bond acceptors (Lipinski definition) is 4. The van der Waals surface area contributed by atoms with Gasteiger partial charge in [-0.3, -0.25) is 10.4 Å². The summed E-state index contributed by atoms with van der Waals surface area (Å²) < 4.78 is 5.61. The Morgan fingerprint density at radius 1 is 1.21 bits per heavy atom. The summed E-state index contributed by atoms with van der Waals surface area (Å²) in [6.45, 7) is 0.397. The topological polar surface area (TPSA) is 92.2 Å². The number of aromatic nitrogens is 1. The Morgan fingerprint density at radius 3 is 2.58 bits per heavy atom. The lowest BCUT2D eigenvalue weighted by atomic mass is 10.2. The monoisotopic (exact) mass is 257 g/mol. The SMILES string of the molecule is N=C(N)c1cc(COc2ccc(CO)cc2)ccn1. The lowest BCUT2D eigenvalue weighted by Gasteiger charge is -2.07. The summed E-state index contributed by atoms with van der Waals surface area (Å²) in [5.74, 6) is 0.660. The number of hydrogen-bond donors (Lipinski definition) is 3. The van der Waals surface area contributed by atoms with E-state index in [0.29, 0.717) is 12.3 Å². The van der Waals surface area contributed by atoms with E-state index in [9.17, 15) is 0 Å². The molecular weight excluding hydrogens is 242 g/mol. The molecule has 0 radical (unpaired) electrons. The first-order valence-electron chi connectivity index (χ1n) is 5.81. The van der Waals surface area contributed by atoms with Gasteiger partial charge in [-0.2, -0.15) is 0 Å². The van der Waals surface area contributed by atoms with Gasteiger partial charge in [0.25, 0.3) is 0 Å². The van der Waals surface area contributed by atoms with Crippen LogP contribution in [0.25, 0.3) is 0 Å². The molecule has 19 heavy (non-hydrogen) atoms. The maximum Gasteiger partial charge on any atom is 0.141 e. The summed E-state index contributed by atoms with van der Waals surface area (Å²) in [4.78, 5) is 3.98. The Bertz CT molecular complexity index is 567. The highest BCUT2D eigenvalue weighted by molar-refractivity contribution is 5.93. The number of aliphatic hydroxyl groups excluding tert-OH is 1. The molecule has 0 saturated heterocycles. The second-order valence-electron chi connectivity index (χ2n) is 4.05. The molecule has 2 rings (SSSR count). The number of amidine groups is 1. The number of rotatable bonds is 5. The van der Waals surface area contributed by atoms with Gasteiger partial charge in [-0.25, -0.2) is 0 Å². The van der Waals surface area contributed by atoms with Gasteiger partial charge in [-0.15, -0.1) is 0 Å². The number of ether oxygens (including phenoxy) is 1. The Labute approximate surface area is 111 Å². The fourth-order valence-corrected chi connectivity index (χ4v) is 1.57. The van der Waals surface area contributed by atoms with Crippen molar-refractivity contribution >= 4 is 5.84 Å². The van der Waals surface area contributed by atoms with E-state index < -0.39 is 0 Å². The third-order valence-corrected chi connectivity index (χ3v) is 2.61. The van der Waals surface area contributed by atoms with Gasteiger partial charge in [0, 0.05) is 6.20 Å². The molecule has 5 heteroatoms. The van der Waals surface area contributed by atoms with Crippen LogP contribution < -0.4 is 10.5 Å². The molecule has 0 saturated carbocycles. The van der Waals surface area contributed by atoms with E-state index in [-0.39, 0.29) is 12.4 Å². The van der Waals surface area contributed by atoms with Gasteiger partial charge < -0.3 is 15.6 Å². The minimum atomic E-state index is -0.0610. The lowest BCUT2D eigenvalue weighted by molar-refractivity contribution is 0.280. The van der Waals surface area contributed by atoms with Gasteiger partial charge in [0.1, 0.15) is 23.9 Å². The Hall–Kier alpha value is -2.40. The second kappa shape index (κ2) is 5.97. The van der Waals surface area contributed by atoms with E-state index in [4.69, 9.17) is 21.0 Å². The zero-order chi connectivity index (χ0) is 13.7. The maximum atomic E-state index is 8.94. The number of benzene rings is 1. The Balaban J connectivity index is 2.01. The molecule has 0 aliphatic rings. The van der Waals surface area contributed by atoms with Gasteiger partial charge in [-0.1, -0.05) is 12.1 Å². The molecule has 0 atom stereocenters. The van der Waals surface area contributed by atoms with Crippen molar-refractivity contribution in [2.75, 3.05) is 0 Å². The van der Waals surface area contributed by atoms with E-state index in [0.717, 1.165) is 16.9 Å². The highest BCUT2D eigenvalue weighted by atomic mass is 16.5. The minimum absolute atomic E-state index is 0.0204. The lowest BCUT2D eigenvalue weighted by Crippen LogP contribution is -2.13. The van der Waals surface area contributed by atoms with Crippen LogP contribution in [0, 0.1) is 5.41 Å². The largest absolute Gasteiger partial charge is 0.489 e. The van der Waals surface area contributed by atoms with E-state index in [2.05, 4.69) is 4.98 Å². The smallest absolute Gasteiger partial charge is 0.141 e. The van der Waals surface area contributed by atoms with Crippen LogP contribution in [0.2, 0.25) is 0 Å². The first-order chi connectivity index (χ1) is 9.19. The first-order valence-corrected chi connectivity index (χ1v) is 5.81. The summed E-state index contributed by atoms with van der Waals surface area (Å²) in [7, 11) is 0. The quantitative estimate of drug-likeness (QED) is 0.558. The molecule has 0 spiro atoms. The summed E-state index contributed by atoms with van der Waals surface area (Å²) in [6.07, 6.45) is 1.60. The number of nitrogen functional groups attached to an aromatic ring is 1. The zero-order valence-electron chi connectivity index (χ0n) is 10.3. The zero-order valence-corrected chi connectivity index (χ0v) is 10.3. The molecule has 2 aromatic rings. The van der Waals surface area contributed by atoms with E-state index in [1.165, 1.54) is 0 Å². The normalized spacial score (nSPS) is 10.2. The number of nitrogens with two attached hydrogens (primary N) is 1. The van der Waals surface area contributed by atoms with E-state index in [1.54, 1.807) is 24.4 Å². The first kappa shape index (κ1) is 13.0. The number of aliphatic hydroxyl groups is 1. The van der Waals surface area contributed by atoms with Crippen molar-refractivity contribution in [3.8, 4) is 5.75 Å². The molecule has 4 N–H and O–H groups in total. The van der Waals surface area contributed by atoms with Crippen LogP contribution in [0.4, 0.5) is 0 Å². The van der Waals surface area contributed by atoms with E-state index >= 15 is 0 Å². The molecule has 0 bridgehead atoms. The maximum absolute atomic E-state index is 8.94. The van der Waals surface area contributed by atoms with Crippen LogP contribution in [0.15, 0.2) is 42.6 Å². The van der Waals surface area contributed by atoms with Crippen LogP contribution >= 0.6 is 0 Å². The molecule has 0 aliphatic heterocycles. The van der Waals surface area contributed by atoms with Crippen molar-refractivity contribution in [2.24, 2.45) is 5.73 Å². The Kier molecular flexibility index (Phi) is 4.10. The third-order valence-electron chi connectivity index (χ3n) is 2.61. The Morgan fingerprint density at radius 2 is 1.95 bits per heavy atom. The van der Waals surface area contributed by atoms with Crippen molar-refractivity contribution in [1.82, 2.24) is 4.98 Å². The van der Waals surface area contributed by atoms with Gasteiger partial charge in [0.2, 0.25) is 0 Å². The summed E-state index contributed by atoms with van der Waals surface area (Å²) >= 11 is 0. The standard InChI is InChI=1S/C14H15N3O2/c15-14(16)13-7-11(5-6-17-13)9-19-12-3-1-10(8-18)2-4-12/h1-7,18H,8-9H2,(H3,15,16). The molecule has 1 aromatic carbocycles. The molecule has 0 fully saturated rings. The summed E-state index contributed by atoms with van der Waals surface area (Å²) in [6, 6.07) is 10.8. The van der Waals surface area contributed by atoms with Crippen LogP contribution in [0.5, 0.6) is 5.75 Å². The van der Waals surface area contributed by atoms with Gasteiger partial charge in [0.15, 0.2) is 0 Å². The average Bonchev–Trinajstić information content (AvgIpc) is 2.46. The van der Waals surface area contributed by atoms with Crippen molar-refractivity contribution in [1.29, 1.82) is 5.41 Å². The summed E-state index contributed by atoms with van der Waals surface area (Å²) in [5.41, 5.74) is 7.56. The molecule has 0 unspecified atom stereocenters. The molecule has 98 valence electrons. The number of pyridine rings is 1. The van der Waals surface area contributed by atoms with Crippen LogP contribution in [0.3, 0.4) is 0 Å². The van der Waals surface area contributed by atoms with Gasteiger partial charge in [0.05, 0.1) is 6.61 Å². The van der Waals surface area contributed by atoms with Crippen LogP contribution in [0.1, 0.15) is 16.8 Å². The molecule has 0 amide bonds.